The molecule has 0 saturated carbocycles. The van der Waals surface area contributed by atoms with E-state index in [2.05, 4.69) is 13.5 Å². The van der Waals surface area contributed by atoms with Gasteiger partial charge >= 0.3 is 0 Å². The van der Waals surface area contributed by atoms with Gasteiger partial charge in [-0.3, -0.25) is 4.79 Å². The molecule has 0 radical (unpaired) electrons. The molecule has 0 heterocycles. The molecule has 0 aliphatic heterocycles. The van der Waals surface area contributed by atoms with Crippen LogP contribution in [0.5, 0.6) is 0 Å². The third kappa shape index (κ3) is 1.35. The van der Waals surface area contributed by atoms with E-state index in [1.165, 1.54) is 0 Å². The predicted octanol–water partition coefficient (Wildman–Crippen LogP) is 2.10. The molecule has 1 heteroatoms. The van der Waals surface area contributed by atoms with E-state index >= 15 is 0 Å². The van der Waals surface area contributed by atoms with Crippen molar-refractivity contribution in [1.82, 2.24) is 0 Å². The molecule has 10 heavy (non-hydrogen) atoms. The zero-order valence-electron chi connectivity index (χ0n) is 6.26. The van der Waals surface area contributed by atoms with Crippen molar-refractivity contribution < 1.29 is 4.79 Å². The van der Waals surface area contributed by atoms with Crippen LogP contribution >= 0.6 is 0 Å². The maximum Gasteiger partial charge on any atom is 0.155 e. The van der Waals surface area contributed by atoms with Crippen molar-refractivity contribution in [2.45, 2.75) is 19.8 Å². The lowest BCUT2D eigenvalue weighted by Crippen LogP contribution is -2.16. The molecule has 54 valence electrons. The molecule has 0 unspecified atom stereocenters. The number of carbonyl (C=O) groups is 1. The zero-order chi connectivity index (χ0) is 7.61. The Morgan fingerprint density at radius 2 is 2.50 bits per heavy atom. The Kier molecular flexibility index (Phi) is 1.75. The minimum absolute atomic E-state index is 0.0634. The van der Waals surface area contributed by atoms with Gasteiger partial charge in [-0.2, -0.15) is 0 Å². The molecule has 0 bridgehead atoms. The van der Waals surface area contributed by atoms with E-state index in [9.17, 15) is 4.79 Å². The Morgan fingerprint density at radius 1 is 1.80 bits per heavy atom. The number of allylic oxidation sites excluding steroid dienone is 3. The fraction of sp³-hybridized carbons (Fsp3) is 0.444. The average molecular weight is 136 g/mol. The molecule has 0 N–H and O–H groups in total. The summed E-state index contributed by atoms with van der Waals surface area (Å²) in [6, 6.07) is 0. The molecule has 0 spiro atoms. The number of carbonyl (C=O) groups excluding carboxylic acids is 1. The quantitative estimate of drug-likeness (QED) is 0.504. The van der Waals surface area contributed by atoms with Crippen molar-refractivity contribution in [3.05, 3.63) is 24.8 Å². The van der Waals surface area contributed by atoms with Gasteiger partial charge in [-0.05, 0) is 12.5 Å². The second-order valence-electron chi connectivity index (χ2n) is 3.01. The first-order valence-electron chi connectivity index (χ1n) is 3.52. The summed E-state index contributed by atoms with van der Waals surface area (Å²) in [5.41, 5.74) is 0.0634. The van der Waals surface area contributed by atoms with Gasteiger partial charge in [0.2, 0.25) is 0 Å². The van der Waals surface area contributed by atoms with E-state index in [-0.39, 0.29) is 11.2 Å². The van der Waals surface area contributed by atoms with Crippen LogP contribution in [0.2, 0.25) is 0 Å². The minimum Gasteiger partial charge on any atom is -0.295 e. The lowest BCUT2D eigenvalue weighted by atomic mass is 9.81. The number of rotatable bonds is 1. The fourth-order valence-electron chi connectivity index (χ4n) is 1.01. The van der Waals surface area contributed by atoms with Crippen LogP contribution in [0.25, 0.3) is 0 Å². The Morgan fingerprint density at radius 3 is 2.90 bits per heavy atom. The van der Waals surface area contributed by atoms with Crippen molar-refractivity contribution in [2.24, 2.45) is 5.41 Å². The SMILES string of the molecule is C=C[C@]1(C)C=CC(=O)CC1. The van der Waals surface area contributed by atoms with E-state index in [4.69, 9.17) is 0 Å². The zero-order valence-corrected chi connectivity index (χ0v) is 6.26. The molecule has 0 aromatic heterocycles. The van der Waals surface area contributed by atoms with Crippen molar-refractivity contribution >= 4 is 5.78 Å². The van der Waals surface area contributed by atoms with Gasteiger partial charge in [-0.1, -0.05) is 19.1 Å². The highest BCUT2D eigenvalue weighted by Crippen LogP contribution is 2.29. The van der Waals surface area contributed by atoms with Crippen molar-refractivity contribution in [1.29, 1.82) is 0 Å². The van der Waals surface area contributed by atoms with Crippen LogP contribution in [0.1, 0.15) is 19.8 Å². The third-order valence-electron chi connectivity index (χ3n) is 2.03. The summed E-state index contributed by atoms with van der Waals surface area (Å²) in [5.74, 6) is 0.235. The van der Waals surface area contributed by atoms with Gasteiger partial charge in [0, 0.05) is 11.8 Å². The first-order valence-corrected chi connectivity index (χ1v) is 3.52. The van der Waals surface area contributed by atoms with Crippen LogP contribution < -0.4 is 0 Å². The Labute approximate surface area is 61.4 Å². The molecule has 1 atom stereocenters. The lowest BCUT2D eigenvalue weighted by molar-refractivity contribution is -0.115. The molecule has 0 fully saturated rings. The monoisotopic (exact) mass is 136 g/mol. The fourth-order valence-corrected chi connectivity index (χ4v) is 1.01. The van der Waals surface area contributed by atoms with E-state index in [1.54, 1.807) is 6.08 Å². The molecule has 0 aromatic rings. The van der Waals surface area contributed by atoms with Crippen LogP contribution in [0.15, 0.2) is 24.8 Å². The first kappa shape index (κ1) is 7.26. The van der Waals surface area contributed by atoms with Gasteiger partial charge in [0.1, 0.15) is 0 Å². The summed E-state index contributed by atoms with van der Waals surface area (Å²) in [4.78, 5) is 10.7. The maximum absolute atomic E-state index is 10.7. The highest BCUT2D eigenvalue weighted by molar-refractivity contribution is 5.90. The highest BCUT2D eigenvalue weighted by atomic mass is 16.1. The number of hydrogen-bond acceptors (Lipinski definition) is 1. The van der Waals surface area contributed by atoms with Crippen molar-refractivity contribution in [3.8, 4) is 0 Å². The summed E-state index contributed by atoms with van der Waals surface area (Å²) in [6.45, 7) is 5.80. The average Bonchev–Trinajstić information content (AvgIpc) is 1.96. The Bertz CT molecular complexity index is 191. The van der Waals surface area contributed by atoms with Crippen molar-refractivity contribution in [2.75, 3.05) is 0 Å². The topological polar surface area (TPSA) is 17.1 Å². The van der Waals surface area contributed by atoms with Crippen molar-refractivity contribution in [3.63, 3.8) is 0 Å². The molecule has 1 rings (SSSR count). The number of ketones is 1. The molecular formula is C9H12O. The first-order chi connectivity index (χ1) is 4.66. The lowest BCUT2D eigenvalue weighted by Gasteiger charge is -2.23. The second-order valence-corrected chi connectivity index (χ2v) is 3.01. The molecule has 1 nitrogen and oxygen atoms in total. The van der Waals surface area contributed by atoms with Gasteiger partial charge in [-0.25, -0.2) is 0 Å². The molecule has 0 saturated heterocycles. The van der Waals surface area contributed by atoms with E-state index in [1.807, 2.05) is 12.2 Å². The van der Waals surface area contributed by atoms with E-state index in [0.29, 0.717) is 6.42 Å². The number of hydrogen-bond donors (Lipinski definition) is 0. The van der Waals surface area contributed by atoms with Gasteiger partial charge in [0.05, 0.1) is 0 Å². The van der Waals surface area contributed by atoms with Gasteiger partial charge in [0.15, 0.2) is 5.78 Å². The molecule has 1 aliphatic carbocycles. The van der Waals surface area contributed by atoms with Crippen LogP contribution in [0, 0.1) is 5.41 Å². The normalized spacial score (nSPS) is 32.3. The Balaban J connectivity index is 2.77. The van der Waals surface area contributed by atoms with E-state index < -0.39 is 0 Å². The summed E-state index contributed by atoms with van der Waals surface area (Å²) in [7, 11) is 0. The molecule has 0 amide bonds. The van der Waals surface area contributed by atoms with Gasteiger partial charge in [-0.15, -0.1) is 6.58 Å². The summed E-state index contributed by atoms with van der Waals surface area (Å²) in [5, 5.41) is 0. The van der Waals surface area contributed by atoms with Crippen LogP contribution in [-0.2, 0) is 4.79 Å². The molecule has 0 aromatic carbocycles. The standard InChI is InChI=1S/C9H12O/c1-3-9(2)6-4-8(10)5-7-9/h3-4,6H,1,5,7H2,2H3/t9-/m1/s1. The highest BCUT2D eigenvalue weighted by Gasteiger charge is 2.21. The van der Waals surface area contributed by atoms with Crippen LogP contribution in [0.4, 0.5) is 0 Å². The van der Waals surface area contributed by atoms with Crippen LogP contribution in [-0.4, -0.2) is 5.78 Å². The summed E-state index contributed by atoms with van der Waals surface area (Å²) < 4.78 is 0. The second kappa shape index (κ2) is 2.41. The summed E-state index contributed by atoms with van der Waals surface area (Å²) in [6.07, 6.45) is 7.07. The molecule has 1 aliphatic rings. The largest absolute Gasteiger partial charge is 0.295 e. The molecular weight excluding hydrogens is 124 g/mol. The van der Waals surface area contributed by atoms with Crippen LogP contribution in [0.3, 0.4) is 0 Å². The van der Waals surface area contributed by atoms with Gasteiger partial charge < -0.3 is 0 Å². The Hall–Kier alpha value is -0.850. The third-order valence-corrected chi connectivity index (χ3v) is 2.03. The minimum atomic E-state index is 0.0634. The van der Waals surface area contributed by atoms with Gasteiger partial charge in [0.25, 0.3) is 0 Å². The maximum atomic E-state index is 10.7. The smallest absolute Gasteiger partial charge is 0.155 e. The predicted molar refractivity (Wildman–Crippen MR) is 41.7 cm³/mol. The summed E-state index contributed by atoms with van der Waals surface area (Å²) >= 11 is 0. The van der Waals surface area contributed by atoms with E-state index in [0.717, 1.165) is 6.42 Å².